The Morgan fingerprint density at radius 1 is 0.875 bits per heavy atom. The summed E-state index contributed by atoms with van der Waals surface area (Å²) >= 11 is 0. The molecule has 8 heteroatoms. The molecule has 0 saturated carbocycles. The number of rotatable bonds is 10. The summed E-state index contributed by atoms with van der Waals surface area (Å²) in [6.45, 7) is 13.6. The molecule has 32 heavy (non-hydrogen) atoms. The molecule has 0 amide bonds. The van der Waals surface area contributed by atoms with Crippen molar-refractivity contribution in [1.82, 2.24) is 9.80 Å². The van der Waals surface area contributed by atoms with Crippen LogP contribution in [0.3, 0.4) is 0 Å². The number of nitrogens with zero attached hydrogens (tertiary/aromatic N) is 4. The Labute approximate surface area is 187 Å². The molecule has 2 aromatic rings. The second-order valence-electron chi connectivity index (χ2n) is 7.57. The SMILES string of the molecule is [C-]#[N+]c1ccc(OCCCN2CCN(CCCOc3ccc(C#N)c(F)c3)CC2)cc1F. The molecular formula is C24H26F2N4O2. The number of nitriles is 1. The molecule has 0 atom stereocenters. The normalized spacial score (nSPS) is 14.5. The average molecular weight is 440 g/mol. The smallest absolute Gasteiger partial charge is 0.222 e. The van der Waals surface area contributed by atoms with Crippen molar-refractivity contribution in [3.8, 4) is 17.6 Å². The summed E-state index contributed by atoms with van der Waals surface area (Å²) in [4.78, 5) is 7.87. The van der Waals surface area contributed by atoms with Crippen LogP contribution in [0.25, 0.3) is 4.85 Å². The maximum absolute atomic E-state index is 13.6. The molecule has 0 spiro atoms. The highest BCUT2D eigenvalue weighted by Gasteiger charge is 2.16. The Morgan fingerprint density at radius 2 is 1.41 bits per heavy atom. The Bertz CT molecular complexity index is 899. The lowest BCUT2D eigenvalue weighted by Gasteiger charge is -2.34. The molecule has 6 nitrogen and oxygen atoms in total. The van der Waals surface area contributed by atoms with Gasteiger partial charge in [0.2, 0.25) is 5.69 Å². The fraction of sp³-hybridized carbons (Fsp3) is 0.417. The second kappa shape index (κ2) is 12.0. The molecule has 0 bridgehead atoms. The Morgan fingerprint density at radius 3 is 1.88 bits per heavy atom. The van der Waals surface area contributed by atoms with Crippen molar-refractivity contribution >= 4 is 5.69 Å². The van der Waals surface area contributed by atoms with E-state index in [1.807, 2.05) is 0 Å². The Hall–Kier alpha value is -3.20. The lowest BCUT2D eigenvalue weighted by molar-refractivity contribution is 0.120. The van der Waals surface area contributed by atoms with Crippen LogP contribution in [0.15, 0.2) is 36.4 Å². The number of hydrogen-bond acceptors (Lipinski definition) is 5. The van der Waals surface area contributed by atoms with Crippen LogP contribution in [0.1, 0.15) is 18.4 Å². The first-order valence-electron chi connectivity index (χ1n) is 10.7. The van der Waals surface area contributed by atoms with Gasteiger partial charge in [-0.2, -0.15) is 5.26 Å². The van der Waals surface area contributed by atoms with Gasteiger partial charge in [0.15, 0.2) is 0 Å². The van der Waals surface area contributed by atoms with Crippen LogP contribution >= 0.6 is 0 Å². The van der Waals surface area contributed by atoms with Crippen LogP contribution in [-0.2, 0) is 0 Å². The number of hydrogen-bond donors (Lipinski definition) is 0. The maximum Gasteiger partial charge on any atom is 0.222 e. The van der Waals surface area contributed by atoms with E-state index in [1.165, 1.54) is 24.3 Å². The molecule has 0 N–H and O–H groups in total. The van der Waals surface area contributed by atoms with Gasteiger partial charge in [-0.15, -0.1) is 0 Å². The van der Waals surface area contributed by atoms with Crippen molar-refractivity contribution in [3.63, 3.8) is 0 Å². The second-order valence-corrected chi connectivity index (χ2v) is 7.57. The third-order valence-electron chi connectivity index (χ3n) is 5.34. The molecule has 2 aromatic carbocycles. The third kappa shape index (κ3) is 6.91. The van der Waals surface area contributed by atoms with E-state index in [0.717, 1.165) is 52.1 Å². The molecular weight excluding hydrogens is 414 g/mol. The molecule has 0 unspecified atom stereocenters. The molecule has 0 radical (unpaired) electrons. The van der Waals surface area contributed by atoms with Crippen LogP contribution in [0.4, 0.5) is 14.5 Å². The highest BCUT2D eigenvalue weighted by molar-refractivity contribution is 5.48. The van der Waals surface area contributed by atoms with Crippen molar-refractivity contribution in [2.24, 2.45) is 0 Å². The van der Waals surface area contributed by atoms with Crippen molar-refractivity contribution in [2.75, 3.05) is 52.5 Å². The molecule has 168 valence electrons. The van der Waals surface area contributed by atoms with Crippen LogP contribution in [0.5, 0.6) is 11.5 Å². The summed E-state index contributed by atoms with van der Waals surface area (Å²) in [6, 6.07) is 10.4. The minimum Gasteiger partial charge on any atom is -0.494 e. The number of halogens is 2. The van der Waals surface area contributed by atoms with Gasteiger partial charge in [-0.05, 0) is 37.1 Å². The number of ether oxygens (including phenoxy) is 2. The van der Waals surface area contributed by atoms with Crippen molar-refractivity contribution in [1.29, 1.82) is 5.26 Å². The molecule has 0 aromatic heterocycles. The molecule has 1 aliphatic heterocycles. The first-order valence-corrected chi connectivity index (χ1v) is 10.7. The van der Waals surface area contributed by atoms with Crippen LogP contribution < -0.4 is 9.47 Å². The minimum atomic E-state index is -0.559. The number of piperazine rings is 1. The topological polar surface area (TPSA) is 53.1 Å². The summed E-state index contributed by atoms with van der Waals surface area (Å²) in [5.41, 5.74) is 0.0240. The van der Waals surface area contributed by atoms with Crippen molar-refractivity contribution in [3.05, 3.63) is 65.0 Å². The van der Waals surface area contributed by atoms with Crippen LogP contribution in [0.2, 0.25) is 0 Å². The van der Waals surface area contributed by atoms with E-state index < -0.39 is 11.6 Å². The zero-order valence-electron chi connectivity index (χ0n) is 17.9. The molecule has 1 saturated heterocycles. The first-order chi connectivity index (χ1) is 15.6. The van der Waals surface area contributed by atoms with E-state index in [2.05, 4.69) is 14.6 Å². The highest BCUT2D eigenvalue weighted by Crippen LogP contribution is 2.23. The average Bonchev–Trinajstić information content (AvgIpc) is 2.80. The third-order valence-corrected chi connectivity index (χ3v) is 5.34. The minimum absolute atomic E-state index is 0.00457. The van der Waals surface area contributed by atoms with Gasteiger partial charge in [0.05, 0.1) is 25.3 Å². The van der Waals surface area contributed by atoms with E-state index >= 15 is 0 Å². The predicted octanol–water partition coefficient (Wildman–Crippen LogP) is 4.24. The predicted molar refractivity (Wildman–Crippen MR) is 117 cm³/mol. The van der Waals surface area contributed by atoms with Crippen LogP contribution in [0, 0.1) is 29.5 Å². The van der Waals surface area contributed by atoms with Gasteiger partial charge < -0.3 is 19.3 Å². The fourth-order valence-electron chi connectivity index (χ4n) is 3.54. The van der Waals surface area contributed by atoms with E-state index in [9.17, 15) is 8.78 Å². The van der Waals surface area contributed by atoms with Crippen molar-refractivity contribution < 1.29 is 18.3 Å². The van der Waals surface area contributed by atoms with E-state index in [1.54, 1.807) is 18.2 Å². The zero-order valence-corrected chi connectivity index (χ0v) is 17.9. The zero-order chi connectivity index (χ0) is 22.8. The lowest BCUT2D eigenvalue weighted by Crippen LogP contribution is -2.47. The van der Waals surface area contributed by atoms with E-state index in [-0.39, 0.29) is 11.3 Å². The van der Waals surface area contributed by atoms with Gasteiger partial charge in [0.25, 0.3) is 0 Å². The monoisotopic (exact) mass is 440 g/mol. The Balaban J connectivity index is 1.25. The molecule has 1 fully saturated rings. The van der Waals surface area contributed by atoms with E-state index in [0.29, 0.717) is 24.7 Å². The number of benzene rings is 2. The highest BCUT2D eigenvalue weighted by atomic mass is 19.1. The largest absolute Gasteiger partial charge is 0.494 e. The van der Waals surface area contributed by atoms with Crippen molar-refractivity contribution in [2.45, 2.75) is 12.8 Å². The first kappa shape index (κ1) is 23.5. The summed E-state index contributed by atoms with van der Waals surface area (Å²) in [7, 11) is 0. The van der Waals surface area contributed by atoms with Gasteiger partial charge in [-0.1, -0.05) is 0 Å². The molecule has 1 heterocycles. The quantitative estimate of drug-likeness (QED) is 0.409. The molecule has 0 aliphatic carbocycles. The summed E-state index contributed by atoms with van der Waals surface area (Å²) in [5, 5.41) is 8.75. The lowest BCUT2D eigenvalue weighted by atomic mass is 10.2. The van der Waals surface area contributed by atoms with E-state index in [4.69, 9.17) is 21.3 Å². The Kier molecular flexibility index (Phi) is 8.79. The van der Waals surface area contributed by atoms with Gasteiger partial charge in [-0.3, -0.25) is 0 Å². The maximum atomic E-state index is 13.6. The fourth-order valence-corrected chi connectivity index (χ4v) is 3.54. The van der Waals surface area contributed by atoms with Gasteiger partial charge in [0.1, 0.15) is 29.2 Å². The molecule has 3 rings (SSSR count). The molecule has 1 aliphatic rings. The van der Waals surface area contributed by atoms with Crippen LogP contribution in [-0.4, -0.2) is 62.3 Å². The standard InChI is InChI=1S/C24H26F2N4O2/c1-28-24-7-6-21(17-23(24)26)32-15-3-9-30-12-10-29(11-13-30)8-2-14-31-20-5-4-19(18-27)22(25)16-20/h4-7,16-17H,2-3,8-15H2. The summed E-state index contributed by atoms with van der Waals surface area (Å²) in [6.07, 6.45) is 1.69. The van der Waals surface area contributed by atoms with Gasteiger partial charge in [0, 0.05) is 51.4 Å². The van der Waals surface area contributed by atoms with Gasteiger partial charge >= 0.3 is 0 Å². The summed E-state index contributed by atoms with van der Waals surface area (Å²) in [5.74, 6) is -0.218. The summed E-state index contributed by atoms with van der Waals surface area (Å²) < 4.78 is 38.3. The van der Waals surface area contributed by atoms with Gasteiger partial charge in [-0.25, -0.2) is 13.6 Å².